The Morgan fingerprint density at radius 1 is 1.25 bits per heavy atom. The molecule has 3 rings (SSSR count). The van der Waals surface area contributed by atoms with E-state index in [-0.39, 0.29) is 0 Å². The van der Waals surface area contributed by atoms with Crippen LogP contribution in [0.25, 0.3) is 11.3 Å². The highest BCUT2D eigenvalue weighted by Gasteiger charge is 2.30. The molecule has 2 aromatic rings. The van der Waals surface area contributed by atoms with Crippen LogP contribution in [0.1, 0.15) is 18.4 Å². The lowest BCUT2D eigenvalue weighted by atomic mass is 9.92. The first-order valence-electron chi connectivity index (χ1n) is 7.05. The van der Waals surface area contributed by atoms with Crippen LogP contribution in [0.5, 0.6) is 0 Å². The van der Waals surface area contributed by atoms with Crippen molar-refractivity contribution in [2.45, 2.75) is 31.9 Å². The highest BCUT2D eigenvalue weighted by Crippen LogP contribution is 2.21. The zero-order valence-electron chi connectivity index (χ0n) is 11.7. The molecule has 0 spiro atoms. The Balaban J connectivity index is 1.75. The fourth-order valence-corrected chi connectivity index (χ4v) is 2.58. The summed E-state index contributed by atoms with van der Waals surface area (Å²) < 4.78 is 1.75. The van der Waals surface area contributed by atoms with Gasteiger partial charge in [-0.3, -0.25) is 0 Å². The molecule has 0 bridgehead atoms. The molecule has 0 aliphatic carbocycles. The minimum Gasteiger partial charge on any atom is -0.388 e. The molecule has 1 aliphatic heterocycles. The van der Waals surface area contributed by atoms with Crippen LogP contribution < -0.4 is 5.32 Å². The van der Waals surface area contributed by atoms with E-state index in [4.69, 9.17) is 0 Å². The number of nitrogens with zero attached hydrogens (tertiary/aromatic N) is 3. The molecule has 2 N–H and O–H groups in total. The maximum absolute atomic E-state index is 10.5. The molecular formula is C15H20N4O. The molecule has 1 aromatic heterocycles. The van der Waals surface area contributed by atoms with Gasteiger partial charge in [-0.2, -0.15) is 0 Å². The molecule has 2 heterocycles. The minimum atomic E-state index is -0.663. The highest BCUT2D eigenvalue weighted by molar-refractivity contribution is 5.57. The van der Waals surface area contributed by atoms with Crippen LogP contribution in [0.2, 0.25) is 0 Å². The quantitative estimate of drug-likeness (QED) is 0.886. The Labute approximate surface area is 118 Å². The van der Waals surface area contributed by atoms with Gasteiger partial charge >= 0.3 is 0 Å². The lowest BCUT2D eigenvalue weighted by Crippen LogP contribution is -2.44. The summed E-state index contributed by atoms with van der Waals surface area (Å²) in [5.41, 5.74) is 2.47. The molecule has 1 saturated heterocycles. The third-order valence-electron chi connectivity index (χ3n) is 3.88. The van der Waals surface area contributed by atoms with Crippen molar-refractivity contribution in [2.24, 2.45) is 0 Å². The Morgan fingerprint density at radius 3 is 2.65 bits per heavy atom. The lowest BCUT2D eigenvalue weighted by molar-refractivity contribution is -0.00863. The molecule has 0 radical (unpaired) electrons. The normalized spacial score (nSPS) is 18.1. The summed E-state index contributed by atoms with van der Waals surface area (Å²) in [6.07, 6.45) is 3.42. The van der Waals surface area contributed by atoms with Crippen molar-refractivity contribution in [3.63, 3.8) is 0 Å². The number of aliphatic hydroxyl groups is 1. The minimum absolute atomic E-state index is 0.507. The van der Waals surface area contributed by atoms with Crippen LogP contribution in [-0.4, -0.2) is 38.8 Å². The van der Waals surface area contributed by atoms with E-state index in [0.29, 0.717) is 6.54 Å². The van der Waals surface area contributed by atoms with E-state index >= 15 is 0 Å². The fourth-order valence-electron chi connectivity index (χ4n) is 2.58. The molecule has 1 aliphatic rings. The van der Waals surface area contributed by atoms with Crippen LogP contribution in [0, 0.1) is 6.92 Å². The van der Waals surface area contributed by atoms with Crippen molar-refractivity contribution in [1.82, 2.24) is 20.3 Å². The van der Waals surface area contributed by atoms with Gasteiger partial charge in [-0.1, -0.05) is 35.0 Å². The topological polar surface area (TPSA) is 63.0 Å². The zero-order chi connectivity index (χ0) is 14.0. The fraction of sp³-hybridized carbons (Fsp3) is 0.467. The summed E-state index contributed by atoms with van der Waals surface area (Å²) in [5, 5.41) is 22.1. The molecule has 0 amide bonds. The van der Waals surface area contributed by atoms with Gasteiger partial charge in [0.2, 0.25) is 0 Å². The first kappa shape index (κ1) is 13.3. The molecule has 1 aromatic carbocycles. The predicted octanol–water partition coefficient (Wildman–Crippen LogP) is 1.37. The molecule has 106 valence electrons. The van der Waals surface area contributed by atoms with Crippen LogP contribution >= 0.6 is 0 Å². The van der Waals surface area contributed by atoms with E-state index in [2.05, 4.69) is 34.7 Å². The van der Waals surface area contributed by atoms with Gasteiger partial charge in [0.25, 0.3) is 0 Å². The number of aromatic nitrogens is 3. The molecule has 0 unspecified atom stereocenters. The van der Waals surface area contributed by atoms with Gasteiger partial charge in [0, 0.05) is 5.56 Å². The molecule has 5 heteroatoms. The molecule has 1 fully saturated rings. The van der Waals surface area contributed by atoms with Gasteiger partial charge in [0.1, 0.15) is 5.69 Å². The Hall–Kier alpha value is -1.72. The van der Waals surface area contributed by atoms with E-state index in [1.165, 1.54) is 5.56 Å². The second-order valence-corrected chi connectivity index (χ2v) is 5.64. The second kappa shape index (κ2) is 5.34. The number of benzene rings is 1. The van der Waals surface area contributed by atoms with Gasteiger partial charge in [-0.15, -0.1) is 5.10 Å². The van der Waals surface area contributed by atoms with Gasteiger partial charge in [-0.25, -0.2) is 4.68 Å². The van der Waals surface area contributed by atoms with Gasteiger partial charge < -0.3 is 10.4 Å². The van der Waals surface area contributed by atoms with Crippen LogP contribution in [0.4, 0.5) is 0 Å². The van der Waals surface area contributed by atoms with E-state index in [1.54, 1.807) is 4.68 Å². The Kier molecular flexibility index (Phi) is 3.54. The average Bonchev–Trinajstić information content (AvgIpc) is 2.88. The molecule has 5 nitrogen and oxygen atoms in total. The van der Waals surface area contributed by atoms with Gasteiger partial charge in [-0.05, 0) is 32.9 Å². The molecule has 0 saturated carbocycles. The molecule has 20 heavy (non-hydrogen) atoms. The summed E-state index contributed by atoms with van der Waals surface area (Å²) in [4.78, 5) is 0. The predicted molar refractivity (Wildman–Crippen MR) is 77.2 cm³/mol. The third-order valence-corrected chi connectivity index (χ3v) is 3.88. The SMILES string of the molecule is Cc1ccc(-c2cn(CC3(O)CCNCC3)nn2)cc1. The monoisotopic (exact) mass is 272 g/mol. The zero-order valence-corrected chi connectivity index (χ0v) is 11.7. The smallest absolute Gasteiger partial charge is 0.113 e. The summed E-state index contributed by atoms with van der Waals surface area (Å²) in [7, 11) is 0. The van der Waals surface area contributed by atoms with Crippen molar-refractivity contribution in [1.29, 1.82) is 0 Å². The van der Waals surface area contributed by atoms with Gasteiger partial charge in [0.15, 0.2) is 0 Å². The standard InChI is InChI=1S/C15H20N4O/c1-12-2-4-13(5-3-12)14-10-19(18-17-14)11-15(20)6-8-16-9-7-15/h2-5,10,16,20H,6-9,11H2,1H3. The first-order chi connectivity index (χ1) is 9.65. The van der Waals surface area contributed by atoms with E-state index < -0.39 is 5.60 Å². The van der Waals surface area contributed by atoms with Crippen molar-refractivity contribution < 1.29 is 5.11 Å². The van der Waals surface area contributed by atoms with Crippen molar-refractivity contribution in [2.75, 3.05) is 13.1 Å². The number of aryl methyl sites for hydroxylation is 1. The first-order valence-corrected chi connectivity index (χ1v) is 7.05. The Morgan fingerprint density at radius 2 is 1.95 bits per heavy atom. The lowest BCUT2D eigenvalue weighted by Gasteiger charge is -2.32. The number of hydrogen-bond donors (Lipinski definition) is 2. The number of piperidine rings is 1. The maximum Gasteiger partial charge on any atom is 0.113 e. The summed E-state index contributed by atoms with van der Waals surface area (Å²) >= 11 is 0. The number of hydrogen-bond acceptors (Lipinski definition) is 4. The van der Waals surface area contributed by atoms with Gasteiger partial charge in [0.05, 0.1) is 18.3 Å². The third kappa shape index (κ3) is 2.89. The number of rotatable bonds is 3. The van der Waals surface area contributed by atoms with Crippen molar-refractivity contribution in [3.8, 4) is 11.3 Å². The van der Waals surface area contributed by atoms with E-state index in [0.717, 1.165) is 37.2 Å². The van der Waals surface area contributed by atoms with E-state index in [1.807, 2.05) is 18.3 Å². The highest BCUT2D eigenvalue weighted by atomic mass is 16.3. The number of nitrogens with one attached hydrogen (secondary N) is 1. The molecular weight excluding hydrogens is 252 g/mol. The summed E-state index contributed by atoms with van der Waals surface area (Å²) in [6.45, 7) is 4.28. The van der Waals surface area contributed by atoms with E-state index in [9.17, 15) is 5.11 Å². The molecule has 0 atom stereocenters. The Bertz CT molecular complexity index is 570. The largest absolute Gasteiger partial charge is 0.388 e. The van der Waals surface area contributed by atoms with Crippen molar-refractivity contribution in [3.05, 3.63) is 36.0 Å². The summed E-state index contributed by atoms with van der Waals surface area (Å²) in [6, 6.07) is 8.22. The van der Waals surface area contributed by atoms with Crippen LogP contribution in [-0.2, 0) is 6.54 Å². The maximum atomic E-state index is 10.5. The van der Waals surface area contributed by atoms with Crippen LogP contribution in [0.3, 0.4) is 0 Å². The van der Waals surface area contributed by atoms with Crippen LogP contribution in [0.15, 0.2) is 30.5 Å². The van der Waals surface area contributed by atoms with Crippen molar-refractivity contribution >= 4 is 0 Å². The second-order valence-electron chi connectivity index (χ2n) is 5.64. The average molecular weight is 272 g/mol. The summed E-state index contributed by atoms with van der Waals surface area (Å²) in [5.74, 6) is 0.